The van der Waals surface area contributed by atoms with Crippen molar-refractivity contribution in [1.82, 2.24) is 19.9 Å². The molecule has 2 heterocycles. The standard InChI is InChI=1S/C11H7BrFN5O/c12-6-2-1-4(13)3-5(6)8-15-7-9(16-8)17-11(14)18-10(7)19/h1-3H,(H4,14,15,16,17,18,19). The van der Waals surface area contributed by atoms with Crippen LogP contribution in [0.3, 0.4) is 0 Å². The highest BCUT2D eigenvalue weighted by Gasteiger charge is 2.13. The number of nitrogen functional groups attached to an aromatic ring is 1. The van der Waals surface area contributed by atoms with E-state index in [1.807, 2.05) is 0 Å². The number of aromatic nitrogens is 4. The maximum absolute atomic E-state index is 13.3. The molecule has 0 aliphatic rings. The molecule has 0 saturated carbocycles. The first-order valence-electron chi connectivity index (χ1n) is 5.25. The van der Waals surface area contributed by atoms with Crippen LogP contribution in [0.4, 0.5) is 10.3 Å². The van der Waals surface area contributed by atoms with Gasteiger partial charge in [0.05, 0.1) is 0 Å². The highest BCUT2D eigenvalue weighted by molar-refractivity contribution is 9.10. The number of nitrogens with two attached hydrogens (primary N) is 1. The molecule has 0 unspecified atom stereocenters. The molecule has 3 aromatic rings. The van der Waals surface area contributed by atoms with E-state index >= 15 is 0 Å². The predicted octanol–water partition coefficient (Wildman–Crippen LogP) is 1.80. The topological polar surface area (TPSA) is 100 Å². The first-order valence-corrected chi connectivity index (χ1v) is 6.05. The zero-order valence-corrected chi connectivity index (χ0v) is 11.0. The molecule has 6 nitrogen and oxygen atoms in total. The molecule has 0 fully saturated rings. The number of nitrogens with one attached hydrogen (secondary N) is 2. The van der Waals surface area contributed by atoms with Crippen molar-refractivity contribution < 1.29 is 4.39 Å². The van der Waals surface area contributed by atoms with Gasteiger partial charge >= 0.3 is 0 Å². The van der Waals surface area contributed by atoms with E-state index in [1.165, 1.54) is 12.1 Å². The Balaban J connectivity index is 2.29. The molecule has 0 aliphatic heterocycles. The Hall–Kier alpha value is -2.22. The summed E-state index contributed by atoms with van der Waals surface area (Å²) < 4.78 is 13.9. The second-order valence-corrected chi connectivity index (χ2v) is 4.71. The van der Waals surface area contributed by atoms with Crippen molar-refractivity contribution in [3.63, 3.8) is 0 Å². The molecule has 1 aromatic carbocycles. The van der Waals surface area contributed by atoms with Gasteiger partial charge in [-0.2, -0.15) is 4.98 Å². The fourth-order valence-corrected chi connectivity index (χ4v) is 2.17. The Kier molecular flexibility index (Phi) is 2.59. The number of anilines is 1. The van der Waals surface area contributed by atoms with E-state index in [9.17, 15) is 9.18 Å². The summed E-state index contributed by atoms with van der Waals surface area (Å²) in [5.41, 5.74) is 5.89. The molecule has 2 aromatic heterocycles. The number of benzene rings is 1. The van der Waals surface area contributed by atoms with E-state index in [-0.39, 0.29) is 17.1 Å². The van der Waals surface area contributed by atoms with Crippen LogP contribution < -0.4 is 11.3 Å². The van der Waals surface area contributed by atoms with Gasteiger partial charge in [-0.05, 0) is 18.2 Å². The van der Waals surface area contributed by atoms with E-state index in [0.29, 0.717) is 15.9 Å². The number of nitrogens with zero attached hydrogens (tertiary/aromatic N) is 2. The SMILES string of the molecule is Nc1nc2nc(-c3cc(F)ccc3Br)[nH]c2c(=O)[nH]1. The lowest BCUT2D eigenvalue weighted by Crippen LogP contribution is -2.10. The average Bonchev–Trinajstić information content (AvgIpc) is 2.76. The largest absolute Gasteiger partial charge is 0.369 e. The number of hydrogen-bond donors (Lipinski definition) is 3. The minimum absolute atomic E-state index is 0.0196. The quantitative estimate of drug-likeness (QED) is 0.635. The Morgan fingerprint density at radius 3 is 2.84 bits per heavy atom. The van der Waals surface area contributed by atoms with Crippen molar-refractivity contribution in [2.75, 3.05) is 5.73 Å². The predicted molar refractivity (Wildman–Crippen MR) is 72.0 cm³/mol. The first-order chi connectivity index (χ1) is 9.04. The van der Waals surface area contributed by atoms with Gasteiger partial charge in [0.25, 0.3) is 5.56 Å². The smallest absolute Gasteiger partial charge is 0.278 e. The van der Waals surface area contributed by atoms with Crippen LogP contribution in [-0.4, -0.2) is 19.9 Å². The van der Waals surface area contributed by atoms with E-state index in [4.69, 9.17) is 5.73 Å². The zero-order valence-electron chi connectivity index (χ0n) is 9.37. The fraction of sp³-hybridized carbons (Fsp3) is 0. The maximum atomic E-state index is 13.3. The lowest BCUT2D eigenvalue weighted by Gasteiger charge is -2.00. The van der Waals surface area contributed by atoms with E-state index in [0.717, 1.165) is 0 Å². The van der Waals surface area contributed by atoms with Crippen molar-refractivity contribution in [2.24, 2.45) is 0 Å². The Bertz CT molecular complexity index is 841. The molecule has 19 heavy (non-hydrogen) atoms. The number of aromatic amines is 2. The summed E-state index contributed by atoms with van der Waals surface area (Å²) in [5.74, 6) is -0.0844. The van der Waals surface area contributed by atoms with Crippen molar-refractivity contribution >= 4 is 33.0 Å². The summed E-state index contributed by atoms with van der Waals surface area (Å²) in [4.78, 5) is 24.9. The third kappa shape index (κ3) is 1.99. The minimum atomic E-state index is -0.422. The molecule has 0 saturated heterocycles. The molecule has 0 amide bonds. The Morgan fingerprint density at radius 2 is 2.05 bits per heavy atom. The summed E-state index contributed by atoms with van der Waals surface area (Å²) in [6.07, 6.45) is 0. The van der Waals surface area contributed by atoms with Crippen LogP contribution in [0.15, 0.2) is 27.5 Å². The van der Waals surface area contributed by atoms with Crippen LogP contribution >= 0.6 is 15.9 Å². The van der Waals surface area contributed by atoms with Crippen molar-refractivity contribution in [2.45, 2.75) is 0 Å². The maximum Gasteiger partial charge on any atom is 0.278 e. The number of halogens is 2. The summed E-state index contributed by atoms with van der Waals surface area (Å²) in [6.45, 7) is 0. The Labute approximate surface area is 114 Å². The number of H-pyrrole nitrogens is 2. The van der Waals surface area contributed by atoms with Crippen molar-refractivity contribution in [1.29, 1.82) is 0 Å². The van der Waals surface area contributed by atoms with E-state index < -0.39 is 11.4 Å². The van der Waals surface area contributed by atoms with Gasteiger partial charge in [0.2, 0.25) is 5.95 Å². The van der Waals surface area contributed by atoms with Gasteiger partial charge in [0.1, 0.15) is 11.6 Å². The molecule has 0 radical (unpaired) electrons. The number of hydrogen-bond acceptors (Lipinski definition) is 4. The van der Waals surface area contributed by atoms with Gasteiger partial charge in [0, 0.05) is 10.0 Å². The van der Waals surface area contributed by atoms with Crippen LogP contribution in [0.1, 0.15) is 0 Å². The van der Waals surface area contributed by atoms with Crippen LogP contribution in [-0.2, 0) is 0 Å². The summed E-state index contributed by atoms with van der Waals surface area (Å²) in [5, 5.41) is 0. The fourth-order valence-electron chi connectivity index (χ4n) is 1.73. The third-order valence-corrected chi connectivity index (χ3v) is 3.25. The van der Waals surface area contributed by atoms with Crippen molar-refractivity contribution in [3.05, 3.63) is 38.8 Å². The number of fused-ring (bicyclic) bond motifs is 1. The first kappa shape index (κ1) is 11.8. The second kappa shape index (κ2) is 4.16. The highest BCUT2D eigenvalue weighted by Crippen LogP contribution is 2.27. The van der Waals surface area contributed by atoms with E-state index in [2.05, 4.69) is 35.9 Å². The number of imidazole rings is 1. The van der Waals surface area contributed by atoms with Gasteiger partial charge in [0.15, 0.2) is 11.2 Å². The molecular formula is C11H7BrFN5O. The Morgan fingerprint density at radius 1 is 1.26 bits per heavy atom. The van der Waals surface area contributed by atoms with Gasteiger partial charge in [-0.25, -0.2) is 9.37 Å². The molecule has 3 rings (SSSR count). The zero-order chi connectivity index (χ0) is 13.6. The second-order valence-electron chi connectivity index (χ2n) is 3.86. The molecule has 0 aliphatic carbocycles. The lowest BCUT2D eigenvalue weighted by molar-refractivity contribution is 0.628. The highest BCUT2D eigenvalue weighted by atomic mass is 79.9. The van der Waals surface area contributed by atoms with Crippen LogP contribution in [0.5, 0.6) is 0 Å². The van der Waals surface area contributed by atoms with Gasteiger partial charge < -0.3 is 10.7 Å². The molecule has 96 valence electrons. The molecule has 0 spiro atoms. The molecule has 8 heteroatoms. The van der Waals surface area contributed by atoms with Gasteiger partial charge in [-0.3, -0.25) is 9.78 Å². The monoisotopic (exact) mass is 323 g/mol. The summed E-state index contributed by atoms with van der Waals surface area (Å²) >= 11 is 3.30. The number of rotatable bonds is 1. The molecule has 4 N–H and O–H groups in total. The van der Waals surface area contributed by atoms with Crippen molar-refractivity contribution in [3.8, 4) is 11.4 Å². The van der Waals surface area contributed by atoms with Gasteiger partial charge in [-0.1, -0.05) is 15.9 Å². The third-order valence-electron chi connectivity index (χ3n) is 2.56. The molecule has 0 bridgehead atoms. The normalized spacial score (nSPS) is 11.1. The van der Waals surface area contributed by atoms with Crippen LogP contribution in [0.25, 0.3) is 22.6 Å². The van der Waals surface area contributed by atoms with Crippen LogP contribution in [0, 0.1) is 5.82 Å². The van der Waals surface area contributed by atoms with E-state index in [1.54, 1.807) is 6.07 Å². The minimum Gasteiger partial charge on any atom is -0.369 e. The average molecular weight is 324 g/mol. The lowest BCUT2D eigenvalue weighted by atomic mass is 10.2. The summed E-state index contributed by atoms with van der Waals surface area (Å²) in [6, 6.07) is 4.18. The van der Waals surface area contributed by atoms with Crippen LogP contribution in [0.2, 0.25) is 0 Å². The summed E-state index contributed by atoms with van der Waals surface area (Å²) in [7, 11) is 0. The molecule has 0 atom stereocenters. The van der Waals surface area contributed by atoms with Gasteiger partial charge in [-0.15, -0.1) is 0 Å². The molecular weight excluding hydrogens is 317 g/mol.